The maximum atomic E-state index is 12.9. The minimum absolute atomic E-state index is 0.136. The Bertz CT molecular complexity index is 487. The van der Waals surface area contributed by atoms with Gasteiger partial charge in [0.1, 0.15) is 5.54 Å². The molecule has 3 N–H and O–H groups in total. The molecule has 4 amide bonds. The summed E-state index contributed by atoms with van der Waals surface area (Å²) in [5, 5.41) is 8.26. The number of urea groups is 1. The quantitative estimate of drug-likeness (QED) is 0.603. The third-order valence-electron chi connectivity index (χ3n) is 5.26. The van der Waals surface area contributed by atoms with Crippen molar-refractivity contribution in [2.24, 2.45) is 5.41 Å². The molecule has 21 heavy (non-hydrogen) atoms. The molecule has 3 heterocycles. The molecule has 1 spiro atoms. The number of carbonyl (C=O) groups is 3. The summed E-state index contributed by atoms with van der Waals surface area (Å²) in [6.45, 7) is 4.59. The van der Waals surface area contributed by atoms with Gasteiger partial charge in [-0.3, -0.25) is 14.9 Å². The van der Waals surface area contributed by atoms with Crippen molar-refractivity contribution >= 4 is 17.8 Å². The van der Waals surface area contributed by atoms with Gasteiger partial charge in [0, 0.05) is 6.54 Å². The Balaban J connectivity index is 1.75. The van der Waals surface area contributed by atoms with Crippen molar-refractivity contribution in [3.63, 3.8) is 0 Å². The summed E-state index contributed by atoms with van der Waals surface area (Å²) in [5.74, 6) is -0.170. The number of nitrogens with zero attached hydrogens (tertiary/aromatic N) is 1. The lowest BCUT2D eigenvalue weighted by molar-refractivity contribution is -0.143. The number of piperidine rings is 1. The highest BCUT2D eigenvalue weighted by Gasteiger charge is 2.53. The number of likely N-dealkylation sites (tertiary alicyclic amines) is 1. The second kappa shape index (κ2) is 4.98. The molecular weight excluding hydrogens is 272 g/mol. The number of hydrogen-bond donors (Lipinski definition) is 3. The smallest absolute Gasteiger partial charge is 0.322 e. The molecule has 7 nitrogen and oxygen atoms in total. The van der Waals surface area contributed by atoms with Crippen molar-refractivity contribution in [3.05, 3.63) is 0 Å². The second-order valence-electron chi connectivity index (χ2n) is 6.35. The number of carbonyl (C=O) groups excluding carboxylic acids is 3. The van der Waals surface area contributed by atoms with E-state index in [1.165, 1.54) is 0 Å². The Labute approximate surface area is 123 Å². The minimum Gasteiger partial charge on any atom is -0.339 e. The van der Waals surface area contributed by atoms with Crippen LogP contribution in [0.15, 0.2) is 0 Å². The number of imide groups is 1. The normalized spacial score (nSPS) is 31.4. The van der Waals surface area contributed by atoms with Gasteiger partial charge in [0.15, 0.2) is 0 Å². The molecule has 0 bridgehead atoms. The van der Waals surface area contributed by atoms with E-state index in [1.54, 1.807) is 4.90 Å². The van der Waals surface area contributed by atoms with Crippen LogP contribution >= 0.6 is 0 Å². The van der Waals surface area contributed by atoms with Crippen molar-refractivity contribution in [2.45, 2.75) is 38.1 Å². The van der Waals surface area contributed by atoms with Gasteiger partial charge >= 0.3 is 6.03 Å². The van der Waals surface area contributed by atoms with Crippen LogP contribution in [0.2, 0.25) is 0 Å². The van der Waals surface area contributed by atoms with E-state index in [4.69, 9.17) is 0 Å². The van der Waals surface area contributed by atoms with Gasteiger partial charge in [-0.25, -0.2) is 4.79 Å². The highest BCUT2D eigenvalue weighted by molar-refractivity contribution is 6.07. The zero-order chi connectivity index (χ0) is 15.1. The average Bonchev–Trinajstić information content (AvgIpc) is 3.03. The molecule has 0 aromatic carbocycles. The molecular formula is C14H22N4O3. The summed E-state index contributed by atoms with van der Waals surface area (Å²) in [5.41, 5.74) is -1.22. The molecule has 3 aliphatic rings. The Morgan fingerprint density at radius 1 is 1.24 bits per heavy atom. The summed E-state index contributed by atoms with van der Waals surface area (Å²) in [6.07, 6.45) is 2.98. The zero-order valence-electron chi connectivity index (χ0n) is 12.3. The van der Waals surface area contributed by atoms with Crippen LogP contribution in [0.4, 0.5) is 4.79 Å². The molecule has 116 valence electrons. The van der Waals surface area contributed by atoms with Crippen LogP contribution in [0.25, 0.3) is 0 Å². The lowest BCUT2D eigenvalue weighted by atomic mass is 9.75. The van der Waals surface area contributed by atoms with Crippen LogP contribution in [0, 0.1) is 5.41 Å². The Morgan fingerprint density at radius 2 is 1.95 bits per heavy atom. The highest BCUT2D eigenvalue weighted by Crippen LogP contribution is 2.37. The van der Waals surface area contributed by atoms with E-state index in [9.17, 15) is 14.4 Å². The van der Waals surface area contributed by atoms with Gasteiger partial charge in [-0.2, -0.15) is 0 Å². The molecule has 3 rings (SSSR count). The SMILES string of the molecule is CCC1(C(=O)N2CCC3(C2)NC(=O)NC3=O)CCNCC1. The zero-order valence-corrected chi connectivity index (χ0v) is 12.3. The topological polar surface area (TPSA) is 90.5 Å². The monoisotopic (exact) mass is 294 g/mol. The Hall–Kier alpha value is -1.63. The van der Waals surface area contributed by atoms with Crippen LogP contribution < -0.4 is 16.0 Å². The van der Waals surface area contributed by atoms with E-state index >= 15 is 0 Å². The van der Waals surface area contributed by atoms with Crippen LogP contribution in [0.3, 0.4) is 0 Å². The molecule has 0 radical (unpaired) electrons. The van der Waals surface area contributed by atoms with Gasteiger partial charge in [-0.05, 0) is 38.8 Å². The number of amides is 4. The van der Waals surface area contributed by atoms with Crippen molar-refractivity contribution in [1.29, 1.82) is 0 Å². The van der Waals surface area contributed by atoms with Gasteiger partial charge in [0.25, 0.3) is 5.91 Å². The first-order valence-electron chi connectivity index (χ1n) is 7.65. The van der Waals surface area contributed by atoms with E-state index in [0.717, 1.165) is 32.4 Å². The average molecular weight is 294 g/mol. The predicted octanol–water partition coefficient (Wildman–Crippen LogP) is -0.423. The van der Waals surface area contributed by atoms with E-state index in [1.807, 2.05) is 0 Å². The third kappa shape index (κ3) is 2.19. The summed E-state index contributed by atoms with van der Waals surface area (Å²) < 4.78 is 0. The summed E-state index contributed by atoms with van der Waals surface area (Å²) >= 11 is 0. The van der Waals surface area contributed by atoms with Crippen molar-refractivity contribution in [2.75, 3.05) is 26.2 Å². The van der Waals surface area contributed by atoms with Gasteiger partial charge in [-0.1, -0.05) is 6.92 Å². The van der Waals surface area contributed by atoms with Gasteiger partial charge in [-0.15, -0.1) is 0 Å². The molecule has 3 fully saturated rings. The summed E-state index contributed by atoms with van der Waals surface area (Å²) in [7, 11) is 0. The first-order chi connectivity index (χ1) is 10.0. The van der Waals surface area contributed by atoms with E-state index < -0.39 is 11.6 Å². The van der Waals surface area contributed by atoms with Crippen molar-refractivity contribution in [3.8, 4) is 0 Å². The Kier molecular flexibility index (Phi) is 3.39. The maximum absolute atomic E-state index is 12.9. The first-order valence-corrected chi connectivity index (χ1v) is 7.65. The molecule has 0 aromatic rings. The van der Waals surface area contributed by atoms with Gasteiger partial charge in [0.05, 0.1) is 12.0 Å². The van der Waals surface area contributed by atoms with Crippen molar-refractivity contribution in [1.82, 2.24) is 20.9 Å². The Morgan fingerprint density at radius 3 is 2.52 bits per heavy atom. The number of rotatable bonds is 2. The van der Waals surface area contributed by atoms with E-state index in [-0.39, 0.29) is 17.2 Å². The third-order valence-corrected chi connectivity index (χ3v) is 5.26. The molecule has 0 aromatic heterocycles. The number of nitrogens with one attached hydrogen (secondary N) is 3. The lowest BCUT2D eigenvalue weighted by Crippen LogP contribution is -2.53. The van der Waals surface area contributed by atoms with Crippen LogP contribution in [0.1, 0.15) is 32.6 Å². The molecule has 0 aliphatic carbocycles. The minimum atomic E-state index is -0.908. The molecule has 3 aliphatic heterocycles. The fourth-order valence-electron chi connectivity index (χ4n) is 3.76. The summed E-state index contributed by atoms with van der Waals surface area (Å²) in [4.78, 5) is 38.0. The molecule has 1 atom stereocenters. The highest BCUT2D eigenvalue weighted by atomic mass is 16.2. The van der Waals surface area contributed by atoms with Gasteiger partial charge < -0.3 is 15.5 Å². The molecule has 3 saturated heterocycles. The fourth-order valence-corrected chi connectivity index (χ4v) is 3.76. The largest absolute Gasteiger partial charge is 0.339 e. The van der Waals surface area contributed by atoms with Crippen LogP contribution in [0.5, 0.6) is 0 Å². The summed E-state index contributed by atoms with van der Waals surface area (Å²) in [6, 6.07) is -0.457. The predicted molar refractivity (Wildman–Crippen MR) is 75.4 cm³/mol. The molecule has 7 heteroatoms. The van der Waals surface area contributed by atoms with Crippen LogP contribution in [-0.2, 0) is 9.59 Å². The van der Waals surface area contributed by atoms with E-state index in [0.29, 0.717) is 19.5 Å². The molecule has 1 unspecified atom stereocenters. The number of hydrogen-bond acceptors (Lipinski definition) is 4. The fraction of sp³-hybridized carbons (Fsp3) is 0.786. The maximum Gasteiger partial charge on any atom is 0.322 e. The first kappa shape index (κ1) is 14.3. The van der Waals surface area contributed by atoms with Crippen LogP contribution in [-0.4, -0.2) is 54.5 Å². The van der Waals surface area contributed by atoms with E-state index in [2.05, 4.69) is 22.9 Å². The lowest BCUT2D eigenvalue weighted by Gasteiger charge is -2.38. The molecule has 0 saturated carbocycles. The second-order valence-corrected chi connectivity index (χ2v) is 6.35. The standard InChI is InChI=1S/C14H22N4O3/c1-2-13(3-6-15-7-4-13)11(20)18-8-5-14(9-18)10(19)16-12(21)17-14/h15H,2-9H2,1H3,(H2,16,17,19,21). The van der Waals surface area contributed by atoms with Gasteiger partial charge in [0.2, 0.25) is 5.91 Å². The van der Waals surface area contributed by atoms with Crippen molar-refractivity contribution < 1.29 is 14.4 Å².